The average molecular weight is 347 g/mol. The van der Waals surface area contributed by atoms with Crippen LogP contribution in [-0.4, -0.2) is 23.8 Å². The number of nitrogens with one attached hydrogen (secondary N) is 2. The standard InChI is InChI=1S/C14H20BrFN2O2/c1-9(2)3-13(19)8-18-14(20)17-7-10-4-11(15)6-12(16)5-10/h4-6,9,13,19H,3,7-8H2,1-2H3,(H2,17,18,20). The second-order valence-electron chi connectivity index (χ2n) is 5.12. The van der Waals surface area contributed by atoms with Gasteiger partial charge >= 0.3 is 6.03 Å². The lowest BCUT2D eigenvalue weighted by Crippen LogP contribution is -2.39. The lowest BCUT2D eigenvalue weighted by molar-refractivity contribution is 0.147. The van der Waals surface area contributed by atoms with Crippen molar-refractivity contribution in [2.24, 2.45) is 5.92 Å². The third-order valence-corrected chi connectivity index (χ3v) is 3.07. The van der Waals surface area contributed by atoms with Gasteiger partial charge in [0.2, 0.25) is 0 Å². The maximum Gasteiger partial charge on any atom is 0.315 e. The second-order valence-corrected chi connectivity index (χ2v) is 6.04. The summed E-state index contributed by atoms with van der Waals surface area (Å²) >= 11 is 3.19. The average Bonchev–Trinajstić information content (AvgIpc) is 2.32. The minimum atomic E-state index is -0.552. The number of benzene rings is 1. The van der Waals surface area contributed by atoms with Crippen LogP contribution in [0.15, 0.2) is 22.7 Å². The van der Waals surface area contributed by atoms with Crippen molar-refractivity contribution in [1.82, 2.24) is 10.6 Å². The third kappa shape index (κ3) is 6.86. The van der Waals surface area contributed by atoms with Gasteiger partial charge in [-0.05, 0) is 36.1 Å². The number of amides is 2. The molecule has 0 saturated carbocycles. The Balaban J connectivity index is 2.32. The molecule has 0 heterocycles. The summed E-state index contributed by atoms with van der Waals surface area (Å²) in [6.07, 6.45) is 0.0842. The number of rotatable bonds is 6. The van der Waals surface area contributed by atoms with Crippen molar-refractivity contribution in [2.45, 2.75) is 32.9 Å². The molecule has 0 aliphatic rings. The van der Waals surface area contributed by atoms with Crippen molar-refractivity contribution in [1.29, 1.82) is 0 Å². The van der Waals surface area contributed by atoms with Crippen LogP contribution in [0, 0.1) is 11.7 Å². The molecule has 0 bridgehead atoms. The monoisotopic (exact) mass is 346 g/mol. The van der Waals surface area contributed by atoms with E-state index in [1.54, 1.807) is 6.07 Å². The van der Waals surface area contributed by atoms with Gasteiger partial charge in [-0.15, -0.1) is 0 Å². The predicted molar refractivity (Wildman–Crippen MR) is 79.8 cm³/mol. The van der Waals surface area contributed by atoms with Gasteiger partial charge in [-0.2, -0.15) is 0 Å². The van der Waals surface area contributed by atoms with Crippen LogP contribution in [0.2, 0.25) is 0 Å². The van der Waals surface area contributed by atoms with E-state index in [1.165, 1.54) is 12.1 Å². The number of carbonyl (C=O) groups excluding carboxylic acids is 1. The van der Waals surface area contributed by atoms with E-state index in [0.29, 0.717) is 22.4 Å². The summed E-state index contributed by atoms with van der Waals surface area (Å²) in [4.78, 5) is 11.5. The van der Waals surface area contributed by atoms with E-state index >= 15 is 0 Å². The summed E-state index contributed by atoms with van der Waals surface area (Å²) in [7, 11) is 0. The van der Waals surface area contributed by atoms with Crippen LogP contribution in [0.5, 0.6) is 0 Å². The molecule has 1 rings (SSSR count). The first-order chi connectivity index (χ1) is 9.36. The first kappa shape index (κ1) is 16.9. The van der Waals surface area contributed by atoms with E-state index in [4.69, 9.17) is 0 Å². The van der Waals surface area contributed by atoms with Gasteiger partial charge in [-0.3, -0.25) is 0 Å². The molecule has 6 heteroatoms. The van der Waals surface area contributed by atoms with Gasteiger partial charge in [0.05, 0.1) is 6.10 Å². The van der Waals surface area contributed by atoms with E-state index < -0.39 is 6.10 Å². The van der Waals surface area contributed by atoms with Gasteiger partial charge in [0.25, 0.3) is 0 Å². The number of hydrogen-bond acceptors (Lipinski definition) is 2. The van der Waals surface area contributed by atoms with E-state index in [-0.39, 0.29) is 24.9 Å². The summed E-state index contributed by atoms with van der Waals surface area (Å²) in [5.74, 6) is 0.0171. The Morgan fingerprint density at radius 3 is 2.65 bits per heavy atom. The fourth-order valence-electron chi connectivity index (χ4n) is 1.80. The topological polar surface area (TPSA) is 61.4 Å². The molecule has 0 aliphatic heterocycles. The molecule has 2 amide bonds. The number of carbonyl (C=O) groups is 1. The quantitative estimate of drug-likeness (QED) is 0.741. The lowest BCUT2D eigenvalue weighted by Gasteiger charge is -2.14. The maximum atomic E-state index is 13.1. The first-order valence-electron chi connectivity index (χ1n) is 6.51. The highest BCUT2D eigenvalue weighted by Gasteiger charge is 2.09. The molecule has 0 aromatic heterocycles. The molecule has 0 saturated heterocycles. The summed E-state index contributed by atoms with van der Waals surface area (Å²) < 4.78 is 13.8. The molecular weight excluding hydrogens is 327 g/mol. The zero-order valence-corrected chi connectivity index (χ0v) is 13.2. The molecule has 0 spiro atoms. The maximum absolute atomic E-state index is 13.1. The number of urea groups is 1. The van der Waals surface area contributed by atoms with Crippen molar-refractivity contribution < 1.29 is 14.3 Å². The molecule has 0 aliphatic carbocycles. The number of aliphatic hydroxyl groups excluding tert-OH is 1. The number of aliphatic hydroxyl groups is 1. The van der Waals surface area contributed by atoms with E-state index in [2.05, 4.69) is 26.6 Å². The van der Waals surface area contributed by atoms with Gasteiger partial charge in [0.1, 0.15) is 5.82 Å². The summed E-state index contributed by atoms with van der Waals surface area (Å²) in [6.45, 7) is 4.44. The Kier molecular flexibility index (Phi) is 6.95. The molecule has 0 radical (unpaired) electrons. The highest BCUT2D eigenvalue weighted by atomic mass is 79.9. The number of halogens is 2. The van der Waals surface area contributed by atoms with Crippen molar-refractivity contribution >= 4 is 22.0 Å². The lowest BCUT2D eigenvalue weighted by atomic mass is 10.1. The van der Waals surface area contributed by atoms with Crippen LogP contribution in [0.25, 0.3) is 0 Å². The predicted octanol–water partition coefficient (Wildman–Crippen LogP) is 2.79. The zero-order valence-electron chi connectivity index (χ0n) is 11.6. The van der Waals surface area contributed by atoms with Gasteiger partial charge in [-0.25, -0.2) is 9.18 Å². The van der Waals surface area contributed by atoms with Crippen LogP contribution in [-0.2, 0) is 6.54 Å². The van der Waals surface area contributed by atoms with Crippen molar-refractivity contribution in [3.05, 3.63) is 34.1 Å². The van der Waals surface area contributed by atoms with Gasteiger partial charge in [0, 0.05) is 17.6 Å². The van der Waals surface area contributed by atoms with Crippen LogP contribution >= 0.6 is 15.9 Å². The van der Waals surface area contributed by atoms with Gasteiger partial charge < -0.3 is 15.7 Å². The second kappa shape index (κ2) is 8.21. The number of hydrogen-bond donors (Lipinski definition) is 3. The van der Waals surface area contributed by atoms with E-state index in [0.717, 1.165) is 0 Å². The SMILES string of the molecule is CC(C)CC(O)CNC(=O)NCc1cc(F)cc(Br)c1. The molecule has 20 heavy (non-hydrogen) atoms. The molecule has 1 atom stereocenters. The van der Waals surface area contributed by atoms with Crippen molar-refractivity contribution in [2.75, 3.05) is 6.54 Å². The Morgan fingerprint density at radius 1 is 1.35 bits per heavy atom. The molecule has 3 N–H and O–H groups in total. The largest absolute Gasteiger partial charge is 0.391 e. The smallest absolute Gasteiger partial charge is 0.315 e. The Morgan fingerprint density at radius 2 is 2.05 bits per heavy atom. The molecule has 1 unspecified atom stereocenters. The minimum absolute atomic E-state index is 0.205. The Labute approximate surface area is 126 Å². The minimum Gasteiger partial charge on any atom is -0.391 e. The summed E-state index contributed by atoms with van der Waals surface area (Å²) in [5.41, 5.74) is 0.662. The fourth-order valence-corrected chi connectivity index (χ4v) is 2.31. The highest BCUT2D eigenvalue weighted by Crippen LogP contribution is 2.14. The Hall–Kier alpha value is -1.14. The molecular formula is C14H20BrFN2O2. The van der Waals surface area contributed by atoms with Crippen molar-refractivity contribution in [3.8, 4) is 0 Å². The van der Waals surface area contributed by atoms with Crippen LogP contribution in [0.3, 0.4) is 0 Å². The molecule has 112 valence electrons. The zero-order chi connectivity index (χ0) is 15.1. The molecule has 4 nitrogen and oxygen atoms in total. The van der Waals surface area contributed by atoms with E-state index in [1.807, 2.05) is 13.8 Å². The summed E-state index contributed by atoms with van der Waals surface area (Å²) in [5, 5.41) is 14.8. The summed E-state index contributed by atoms with van der Waals surface area (Å²) in [6, 6.07) is 4.06. The van der Waals surface area contributed by atoms with Crippen molar-refractivity contribution in [3.63, 3.8) is 0 Å². The van der Waals surface area contributed by atoms with Gasteiger partial charge in [0.15, 0.2) is 0 Å². The van der Waals surface area contributed by atoms with Crippen LogP contribution < -0.4 is 10.6 Å². The molecule has 1 aromatic rings. The fraction of sp³-hybridized carbons (Fsp3) is 0.500. The van der Waals surface area contributed by atoms with Crippen LogP contribution in [0.4, 0.5) is 9.18 Å². The molecule has 0 fully saturated rings. The third-order valence-electron chi connectivity index (χ3n) is 2.62. The Bertz CT molecular complexity index is 435. The molecule has 1 aromatic carbocycles. The normalized spacial score (nSPS) is 12.3. The van der Waals surface area contributed by atoms with E-state index in [9.17, 15) is 14.3 Å². The highest BCUT2D eigenvalue weighted by molar-refractivity contribution is 9.10. The first-order valence-corrected chi connectivity index (χ1v) is 7.31. The van der Waals surface area contributed by atoms with Gasteiger partial charge in [-0.1, -0.05) is 29.8 Å². The van der Waals surface area contributed by atoms with Crippen LogP contribution in [0.1, 0.15) is 25.8 Å².